The topological polar surface area (TPSA) is 0 Å². The van der Waals surface area contributed by atoms with Gasteiger partial charge in [-0.3, -0.25) is 0 Å². The van der Waals surface area contributed by atoms with E-state index in [2.05, 4.69) is 74.5 Å². The van der Waals surface area contributed by atoms with Crippen LogP contribution < -0.4 is 0 Å². The van der Waals surface area contributed by atoms with Gasteiger partial charge in [0.15, 0.2) is 0 Å². The van der Waals surface area contributed by atoms with E-state index in [0.29, 0.717) is 5.56 Å². The molecule has 0 aliphatic rings. The first kappa shape index (κ1) is 21.1. The third-order valence-electron chi connectivity index (χ3n) is 6.06. The number of hydrogen-bond acceptors (Lipinski definition) is 0. The number of hydrogen-bond donors (Lipinski definition) is 0. The smallest absolute Gasteiger partial charge is 0.131 e. The Hall–Kier alpha value is -3.19. The molecule has 0 aromatic heterocycles. The minimum atomic E-state index is -0.180. The van der Waals surface area contributed by atoms with Crippen LogP contribution >= 0.6 is 0 Å². The van der Waals surface area contributed by atoms with Crippen molar-refractivity contribution in [2.24, 2.45) is 0 Å². The maximum absolute atomic E-state index is 14.9. The zero-order valence-electron chi connectivity index (χ0n) is 18.4. The molecule has 0 amide bonds. The summed E-state index contributed by atoms with van der Waals surface area (Å²) in [6.07, 6.45) is 4.09. The zero-order chi connectivity index (χ0) is 21.6. The van der Waals surface area contributed by atoms with Crippen LogP contribution in [0.4, 0.5) is 4.39 Å². The van der Waals surface area contributed by atoms with E-state index in [9.17, 15) is 4.39 Å². The summed E-state index contributed by atoms with van der Waals surface area (Å²) in [4.78, 5) is 0. The van der Waals surface area contributed by atoms with Crippen molar-refractivity contribution in [2.75, 3.05) is 0 Å². The second-order valence-corrected chi connectivity index (χ2v) is 8.11. The molecular formula is C30H29F. The molecule has 156 valence electrons. The average Bonchev–Trinajstić information content (AvgIpc) is 2.83. The fourth-order valence-electron chi connectivity index (χ4n) is 3.94. The van der Waals surface area contributed by atoms with E-state index in [4.69, 9.17) is 0 Å². The van der Waals surface area contributed by atoms with Gasteiger partial charge in [0.1, 0.15) is 5.82 Å². The van der Waals surface area contributed by atoms with Gasteiger partial charge in [-0.05, 0) is 70.7 Å². The summed E-state index contributed by atoms with van der Waals surface area (Å²) in [6, 6.07) is 31.1. The number of halogens is 1. The number of benzene rings is 4. The lowest BCUT2D eigenvalue weighted by molar-refractivity contribution is 0.632. The lowest BCUT2D eigenvalue weighted by Crippen LogP contribution is -1.93. The van der Waals surface area contributed by atoms with Crippen LogP contribution in [0.1, 0.15) is 36.1 Å². The van der Waals surface area contributed by atoms with Crippen molar-refractivity contribution in [3.63, 3.8) is 0 Å². The SMILES string of the molecule is CCc1ccc(CCc2ccc(-c3ccc(-c4ccc(CC)cc4)cc3F)cc2)cc1. The molecule has 4 aromatic carbocycles. The molecule has 4 aromatic rings. The fraction of sp³-hybridized carbons (Fsp3) is 0.200. The summed E-state index contributed by atoms with van der Waals surface area (Å²) in [5.74, 6) is -0.180. The number of aryl methyl sites for hydroxylation is 4. The summed E-state index contributed by atoms with van der Waals surface area (Å²) >= 11 is 0. The van der Waals surface area contributed by atoms with Gasteiger partial charge in [-0.15, -0.1) is 0 Å². The van der Waals surface area contributed by atoms with Crippen molar-refractivity contribution in [2.45, 2.75) is 39.5 Å². The highest BCUT2D eigenvalue weighted by molar-refractivity contribution is 5.71. The van der Waals surface area contributed by atoms with Crippen LogP contribution in [0.15, 0.2) is 91.0 Å². The van der Waals surface area contributed by atoms with E-state index < -0.39 is 0 Å². The second-order valence-electron chi connectivity index (χ2n) is 8.11. The molecule has 0 saturated carbocycles. The summed E-state index contributed by atoms with van der Waals surface area (Å²) in [5, 5.41) is 0. The molecule has 0 radical (unpaired) electrons. The third-order valence-corrected chi connectivity index (χ3v) is 6.06. The van der Waals surface area contributed by atoms with Gasteiger partial charge in [0.05, 0.1) is 0 Å². The molecule has 4 rings (SSSR count). The maximum Gasteiger partial charge on any atom is 0.131 e. The van der Waals surface area contributed by atoms with Gasteiger partial charge in [-0.2, -0.15) is 0 Å². The van der Waals surface area contributed by atoms with Crippen LogP contribution in [-0.2, 0) is 25.7 Å². The van der Waals surface area contributed by atoms with Gasteiger partial charge in [-0.25, -0.2) is 4.39 Å². The molecule has 1 heteroatoms. The first-order chi connectivity index (χ1) is 15.2. The minimum Gasteiger partial charge on any atom is -0.206 e. The van der Waals surface area contributed by atoms with Crippen LogP contribution in [-0.4, -0.2) is 0 Å². The van der Waals surface area contributed by atoms with Gasteiger partial charge in [0.25, 0.3) is 0 Å². The zero-order valence-corrected chi connectivity index (χ0v) is 18.4. The van der Waals surface area contributed by atoms with Gasteiger partial charge < -0.3 is 0 Å². The lowest BCUT2D eigenvalue weighted by atomic mass is 9.97. The molecular weight excluding hydrogens is 379 g/mol. The second kappa shape index (κ2) is 9.75. The Kier molecular flexibility index (Phi) is 6.62. The summed E-state index contributed by atoms with van der Waals surface area (Å²) < 4.78 is 14.9. The largest absolute Gasteiger partial charge is 0.206 e. The molecule has 0 unspecified atom stereocenters. The standard InChI is InChI=1S/C30H29F/c1-3-22-5-7-24(8-6-22)9-10-25-13-17-27(18-14-25)29-20-19-28(21-30(29)31)26-15-11-23(4-2)12-16-26/h5-8,11-21H,3-4,9-10H2,1-2H3. The Morgan fingerprint density at radius 1 is 0.484 bits per heavy atom. The first-order valence-electron chi connectivity index (χ1n) is 11.2. The van der Waals surface area contributed by atoms with Crippen LogP contribution in [0.25, 0.3) is 22.3 Å². The van der Waals surface area contributed by atoms with Crippen molar-refractivity contribution in [3.8, 4) is 22.3 Å². The van der Waals surface area contributed by atoms with Crippen molar-refractivity contribution in [3.05, 3.63) is 119 Å². The Labute approximate surface area is 185 Å². The Morgan fingerprint density at radius 3 is 1.42 bits per heavy atom. The van der Waals surface area contributed by atoms with E-state index in [1.807, 2.05) is 24.3 Å². The van der Waals surface area contributed by atoms with Crippen LogP contribution in [0.5, 0.6) is 0 Å². The molecule has 0 heterocycles. The van der Waals surface area contributed by atoms with E-state index >= 15 is 0 Å². The maximum atomic E-state index is 14.9. The minimum absolute atomic E-state index is 0.180. The molecule has 0 aliphatic carbocycles. The molecule has 0 aliphatic heterocycles. The van der Waals surface area contributed by atoms with Crippen molar-refractivity contribution >= 4 is 0 Å². The van der Waals surface area contributed by atoms with E-state index in [0.717, 1.165) is 42.4 Å². The van der Waals surface area contributed by atoms with E-state index in [-0.39, 0.29) is 5.82 Å². The van der Waals surface area contributed by atoms with Crippen molar-refractivity contribution in [1.29, 1.82) is 0 Å². The van der Waals surface area contributed by atoms with Crippen LogP contribution in [0.2, 0.25) is 0 Å². The first-order valence-corrected chi connectivity index (χ1v) is 11.2. The predicted octanol–water partition coefficient (Wildman–Crippen LogP) is 8.07. The monoisotopic (exact) mass is 408 g/mol. The Balaban J connectivity index is 1.45. The molecule has 0 fully saturated rings. The van der Waals surface area contributed by atoms with Crippen molar-refractivity contribution in [1.82, 2.24) is 0 Å². The van der Waals surface area contributed by atoms with Gasteiger partial charge in [0.2, 0.25) is 0 Å². The third kappa shape index (κ3) is 5.11. The van der Waals surface area contributed by atoms with E-state index in [1.165, 1.54) is 22.3 Å². The lowest BCUT2D eigenvalue weighted by Gasteiger charge is -2.09. The van der Waals surface area contributed by atoms with Crippen LogP contribution in [0, 0.1) is 5.82 Å². The Bertz CT molecular complexity index is 1120. The summed E-state index contributed by atoms with van der Waals surface area (Å²) in [5.41, 5.74) is 8.82. The highest BCUT2D eigenvalue weighted by Crippen LogP contribution is 2.28. The molecule has 0 nitrogen and oxygen atoms in total. The normalized spacial score (nSPS) is 10.9. The Morgan fingerprint density at radius 2 is 0.903 bits per heavy atom. The molecule has 0 saturated heterocycles. The molecule has 0 N–H and O–H groups in total. The molecule has 31 heavy (non-hydrogen) atoms. The molecule has 0 bridgehead atoms. The van der Waals surface area contributed by atoms with Gasteiger partial charge in [0, 0.05) is 5.56 Å². The molecule has 0 spiro atoms. The average molecular weight is 409 g/mol. The van der Waals surface area contributed by atoms with E-state index in [1.54, 1.807) is 6.07 Å². The summed E-state index contributed by atoms with van der Waals surface area (Å²) in [6.45, 7) is 4.31. The van der Waals surface area contributed by atoms with Crippen LogP contribution in [0.3, 0.4) is 0 Å². The highest BCUT2D eigenvalue weighted by atomic mass is 19.1. The molecule has 0 atom stereocenters. The predicted molar refractivity (Wildman–Crippen MR) is 130 cm³/mol. The quantitative estimate of drug-likeness (QED) is 0.290. The highest BCUT2D eigenvalue weighted by Gasteiger charge is 2.08. The fourth-order valence-corrected chi connectivity index (χ4v) is 3.94. The summed E-state index contributed by atoms with van der Waals surface area (Å²) in [7, 11) is 0. The van der Waals surface area contributed by atoms with Gasteiger partial charge >= 0.3 is 0 Å². The van der Waals surface area contributed by atoms with Crippen molar-refractivity contribution < 1.29 is 4.39 Å². The van der Waals surface area contributed by atoms with Gasteiger partial charge in [-0.1, -0.05) is 98.8 Å². The number of rotatable bonds is 7.